The molecule has 24 heavy (non-hydrogen) atoms. The number of imidazole rings is 1. The monoisotopic (exact) mass is 371 g/mol. The summed E-state index contributed by atoms with van der Waals surface area (Å²) in [5.74, 6) is -0.995. The van der Waals surface area contributed by atoms with E-state index < -0.39 is 12.0 Å². The van der Waals surface area contributed by atoms with Crippen molar-refractivity contribution >= 4 is 40.3 Å². The van der Waals surface area contributed by atoms with Gasteiger partial charge in [-0.15, -0.1) is 0 Å². The summed E-state index contributed by atoms with van der Waals surface area (Å²) in [5, 5.41) is 0.673. The Morgan fingerprint density at radius 2 is 2.12 bits per heavy atom. The molecule has 1 heterocycles. The lowest BCUT2D eigenvalue weighted by atomic mass is 10.2. The van der Waals surface area contributed by atoms with Gasteiger partial charge >= 0.3 is 6.18 Å². The Morgan fingerprint density at radius 1 is 1.33 bits per heavy atom. The van der Waals surface area contributed by atoms with Crippen molar-refractivity contribution in [2.75, 3.05) is 4.72 Å². The van der Waals surface area contributed by atoms with Crippen LogP contribution in [0.15, 0.2) is 51.9 Å². The van der Waals surface area contributed by atoms with Crippen molar-refractivity contribution in [3.05, 3.63) is 57.8 Å². The van der Waals surface area contributed by atoms with Crippen LogP contribution in [-0.4, -0.2) is 9.97 Å². The van der Waals surface area contributed by atoms with Crippen LogP contribution >= 0.6 is 23.5 Å². The summed E-state index contributed by atoms with van der Waals surface area (Å²) in [6.07, 6.45) is 2.14. The minimum atomic E-state index is -4.49. The first-order chi connectivity index (χ1) is 11.3. The van der Waals surface area contributed by atoms with E-state index in [2.05, 4.69) is 14.7 Å². The average molecular weight is 372 g/mol. The molecule has 1 aromatic heterocycles. The van der Waals surface area contributed by atoms with E-state index in [1.807, 2.05) is 25.2 Å². The first-order valence-electron chi connectivity index (χ1n) is 7.08. The normalized spacial score (nSPS) is 15.6. The summed E-state index contributed by atoms with van der Waals surface area (Å²) in [6, 6.07) is 4.83. The average Bonchev–Trinajstić information content (AvgIpc) is 2.90. The van der Waals surface area contributed by atoms with Crippen LogP contribution in [0.5, 0.6) is 0 Å². The lowest BCUT2D eigenvalue weighted by Crippen LogP contribution is -2.06. The Bertz CT molecular complexity index is 865. The van der Waals surface area contributed by atoms with Gasteiger partial charge in [0, 0.05) is 15.6 Å². The second-order valence-electron chi connectivity index (χ2n) is 5.20. The molecule has 2 aromatic rings. The van der Waals surface area contributed by atoms with Crippen LogP contribution < -0.4 is 4.72 Å². The maximum atomic E-state index is 12.7. The lowest BCUT2D eigenvalue weighted by molar-refractivity contribution is -0.144. The van der Waals surface area contributed by atoms with Crippen LogP contribution in [0.2, 0.25) is 0 Å². The third-order valence-electron chi connectivity index (χ3n) is 3.46. The molecule has 0 unspecified atom stereocenters. The number of aromatic nitrogens is 2. The molecular formula is C16H13ClF3N3S. The lowest BCUT2D eigenvalue weighted by Gasteiger charge is -2.10. The highest BCUT2D eigenvalue weighted by atomic mass is 35.5. The van der Waals surface area contributed by atoms with Gasteiger partial charge in [-0.1, -0.05) is 23.8 Å². The maximum Gasteiger partial charge on any atom is 0.449 e. The minimum absolute atomic E-state index is 0.273. The Balaban J connectivity index is 1.79. The molecule has 0 amide bonds. The zero-order valence-corrected chi connectivity index (χ0v) is 14.1. The van der Waals surface area contributed by atoms with E-state index in [9.17, 15) is 13.2 Å². The van der Waals surface area contributed by atoms with Crippen molar-refractivity contribution in [3.63, 3.8) is 0 Å². The second-order valence-corrected chi connectivity index (χ2v) is 6.45. The van der Waals surface area contributed by atoms with Crippen molar-refractivity contribution in [1.82, 2.24) is 9.97 Å². The number of alkyl halides is 3. The van der Waals surface area contributed by atoms with Gasteiger partial charge in [0.2, 0.25) is 5.82 Å². The molecule has 0 atom stereocenters. The second kappa shape index (κ2) is 6.57. The molecule has 126 valence electrons. The number of benzene rings is 1. The van der Waals surface area contributed by atoms with E-state index in [1.165, 1.54) is 11.9 Å². The summed E-state index contributed by atoms with van der Waals surface area (Å²) in [6.45, 7) is 1.92. The minimum Gasteiger partial charge on any atom is -0.334 e. The smallest absolute Gasteiger partial charge is 0.334 e. The number of aromatic amines is 1. The van der Waals surface area contributed by atoms with E-state index in [4.69, 9.17) is 11.6 Å². The van der Waals surface area contributed by atoms with Crippen LogP contribution in [-0.2, 0) is 6.18 Å². The number of H-pyrrole nitrogens is 1. The van der Waals surface area contributed by atoms with Crippen LogP contribution in [0.3, 0.4) is 0 Å². The summed E-state index contributed by atoms with van der Waals surface area (Å²) < 4.78 is 41.2. The van der Waals surface area contributed by atoms with E-state index in [0.29, 0.717) is 16.2 Å². The molecule has 0 bridgehead atoms. The standard InChI is InChI=1S/C16H13ClF3N3S/c1-9-11(17)4-2-3-5-14(9)24-23-10-6-7-12-13(8-10)22-15(21-12)16(18,19)20/h2,4-8,23H,3H2,1H3,(H,21,22). The van der Waals surface area contributed by atoms with E-state index >= 15 is 0 Å². The summed E-state index contributed by atoms with van der Waals surface area (Å²) >= 11 is 7.53. The van der Waals surface area contributed by atoms with Crippen LogP contribution in [0, 0.1) is 0 Å². The molecule has 0 saturated heterocycles. The summed E-state index contributed by atoms with van der Waals surface area (Å²) in [4.78, 5) is 6.83. The van der Waals surface area contributed by atoms with E-state index in [0.717, 1.165) is 16.9 Å². The predicted octanol–water partition coefficient (Wildman–Crippen LogP) is 6.00. The topological polar surface area (TPSA) is 40.7 Å². The van der Waals surface area contributed by atoms with Gasteiger partial charge in [-0.25, -0.2) is 4.98 Å². The Kier molecular flexibility index (Phi) is 4.64. The molecule has 2 N–H and O–H groups in total. The summed E-state index contributed by atoms with van der Waals surface area (Å²) in [5.41, 5.74) is 2.22. The van der Waals surface area contributed by atoms with Gasteiger partial charge in [0.05, 0.1) is 11.0 Å². The fourth-order valence-corrected chi connectivity index (χ4v) is 3.23. The molecule has 1 aromatic carbocycles. The molecule has 8 heteroatoms. The van der Waals surface area contributed by atoms with Crippen molar-refractivity contribution in [1.29, 1.82) is 0 Å². The Labute approximate surface area is 145 Å². The van der Waals surface area contributed by atoms with Crippen molar-refractivity contribution in [2.24, 2.45) is 0 Å². The van der Waals surface area contributed by atoms with Crippen LogP contribution in [0.25, 0.3) is 11.0 Å². The number of halogens is 4. The zero-order valence-electron chi connectivity index (χ0n) is 12.5. The molecule has 3 nitrogen and oxygen atoms in total. The fourth-order valence-electron chi connectivity index (χ4n) is 2.18. The van der Waals surface area contributed by atoms with Gasteiger partial charge in [0.15, 0.2) is 0 Å². The number of hydrogen-bond donors (Lipinski definition) is 2. The van der Waals surface area contributed by atoms with Gasteiger partial charge in [-0.2, -0.15) is 13.2 Å². The number of nitrogens with zero attached hydrogens (tertiary/aromatic N) is 1. The first-order valence-corrected chi connectivity index (χ1v) is 8.27. The number of allylic oxidation sites excluding steroid dienone is 5. The van der Waals surface area contributed by atoms with Crippen molar-refractivity contribution in [3.8, 4) is 0 Å². The SMILES string of the molecule is CC1=C(Cl)C=CCC=C1SNc1ccc2nc(C(F)(F)F)[nH]c2c1. The van der Waals surface area contributed by atoms with Gasteiger partial charge in [0.25, 0.3) is 0 Å². The van der Waals surface area contributed by atoms with Crippen molar-refractivity contribution < 1.29 is 13.2 Å². The predicted molar refractivity (Wildman–Crippen MR) is 92.7 cm³/mol. The largest absolute Gasteiger partial charge is 0.449 e. The molecule has 3 rings (SSSR count). The molecule has 1 aliphatic carbocycles. The van der Waals surface area contributed by atoms with E-state index in [-0.39, 0.29) is 5.52 Å². The van der Waals surface area contributed by atoms with Crippen LogP contribution in [0.4, 0.5) is 18.9 Å². The first kappa shape index (κ1) is 17.0. The number of fused-ring (bicyclic) bond motifs is 1. The highest BCUT2D eigenvalue weighted by molar-refractivity contribution is 8.04. The van der Waals surface area contributed by atoms with Crippen LogP contribution in [0.1, 0.15) is 19.2 Å². The van der Waals surface area contributed by atoms with Crippen molar-refractivity contribution in [2.45, 2.75) is 19.5 Å². The highest BCUT2D eigenvalue weighted by Crippen LogP contribution is 2.33. The molecule has 0 spiro atoms. The number of hydrogen-bond acceptors (Lipinski definition) is 3. The third-order valence-corrected chi connectivity index (χ3v) is 4.90. The molecule has 0 fully saturated rings. The molecule has 1 aliphatic rings. The number of nitrogens with one attached hydrogen (secondary N) is 2. The zero-order chi connectivity index (χ0) is 17.3. The quantitative estimate of drug-likeness (QED) is 0.650. The van der Waals surface area contributed by atoms with Gasteiger partial charge < -0.3 is 9.71 Å². The molecule has 0 radical (unpaired) electrons. The van der Waals surface area contributed by atoms with Gasteiger partial charge in [-0.3, -0.25) is 0 Å². The molecular weight excluding hydrogens is 359 g/mol. The number of anilines is 1. The molecule has 0 saturated carbocycles. The number of rotatable bonds is 3. The summed E-state index contributed by atoms with van der Waals surface area (Å²) in [7, 11) is 0. The molecule has 0 aliphatic heterocycles. The van der Waals surface area contributed by atoms with E-state index in [1.54, 1.807) is 18.2 Å². The Morgan fingerprint density at radius 3 is 2.88 bits per heavy atom. The third kappa shape index (κ3) is 3.62. The fraction of sp³-hybridized carbons (Fsp3) is 0.188. The van der Waals surface area contributed by atoms with Gasteiger partial charge in [-0.05, 0) is 55.1 Å². The maximum absolute atomic E-state index is 12.7. The Hall–Kier alpha value is -1.86. The highest BCUT2D eigenvalue weighted by Gasteiger charge is 2.34. The van der Waals surface area contributed by atoms with Gasteiger partial charge in [0.1, 0.15) is 0 Å².